The minimum atomic E-state index is -0.635. The number of nitrogens with zero attached hydrogens (tertiary/aromatic N) is 1. The fraction of sp³-hybridized carbons (Fsp3) is 0.324. The molecule has 6 atom stereocenters. The lowest BCUT2D eigenvalue weighted by atomic mass is 9.89. The smallest absolute Gasteiger partial charge is 0.251 e. The van der Waals surface area contributed by atoms with Gasteiger partial charge in [-0.2, -0.15) is 0 Å². The van der Waals surface area contributed by atoms with Crippen molar-refractivity contribution in [2.75, 3.05) is 13.6 Å². The number of amides is 1. The molecule has 6 unspecified atom stereocenters. The molecule has 3 N–H and O–H groups in total. The quantitative estimate of drug-likeness (QED) is 0.199. The van der Waals surface area contributed by atoms with Gasteiger partial charge in [0.25, 0.3) is 5.91 Å². The van der Waals surface area contributed by atoms with E-state index in [2.05, 4.69) is 17.1 Å². The molecule has 1 amide bonds. The number of hydrogen-bond acceptors (Lipinski definition) is 6. The Morgan fingerprint density at radius 1 is 0.841 bits per heavy atom. The largest absolute Gasteiger partial charge is 0.392 e. The first-order valence-electron chi connectivity index (χ1n) is 15.2. The Morgan fingerprint density at radius 2 is 1.43 bits per heavy atom. The molecular formula is C37H42N2O5. The zero-order chi connectivity index (χ0) is 31.1. The van der Waals surface area contributed by atoms with Gasteiger partial charge in [0.2, 0.25) is 0 Å². The van der Waals surface area contributed by atoms with Gasteiger partial charge in [-0.3, -0.25) is 9.69 Å². The number of aliphatic hydroxyl groups excluding tert-OH is 2. The summed E-state index contributed by atoms with van der Waals surface area (Å²) in [6.07, 6.45) is -1.66. The van der Waals surface area contributed by atoms with E-state index in [1.165, 1.54) is 0 Å². The first-order valence-corrected chi connectivity index (χ1v) is 15.2. The Bertz CT molecular complexity index is 1460. The Morgan fingerprint density at radius 3 is 2.07 bits per heavy atom. The van der Waals surface area contributed by atoms with Crippen molar-refractivity contribution < 1.29 is 24.5 Å². The summed E-state index contributed by atoms with van der Waals surface area (Å²) in [6, 6.07) is 34.6. The van der Waals surface area contributed by atoms with E-state index in [0.29, 0.717) is 18.7 Å². The van der Waals surface area contributed by atoms with Gasteiger partial charge in [0.05, 0.1) is 24.9 Å². The van der Waals surface area contributed by atoms with E-state index in [0.717, 1.165) is 27.8 Å². The molecule has 5 rings (SSSR count). The highest BCUT2D eigenvalue weighted by molar-refractivity contribution is 5.94. The van der Waals surface area contributed by atoms with E-state index in [1.807, 2.05) is 111 Å². The highest BCUT2D eigenvalue weighted by Gasteiger charge is 2.39. The van der Waals surface area contributed by atoms with Crippen LogP contribution in [0.2, 0.25) is 0 Å². The van der Waals surface area contributed by atoms with E-state index in [9.17, 15) is 15.0 Å². The van der Waals surface area contributed by atoms with Gasteiger partial charge >= 0.3 is 0 Å². The number of ether oxygens (including phenoxy) is 2. The number of rotatable bonds is 11. The summed E-state index contributed by atoms with van der Waals surface area (Å²) in [5.41, 5.74) is 5.23. The molecule has 1 heterocycles. The molecule has 0 aliphatic carbocycles. The average Bonchev–Trinajstić information content (AvgIpc) is 3.08. The number of carbonyl (C=O) groups excluding carboxylic acids is 1. The molecule has 1 aliphatic rings. The molecule has 7 nitrogen and oxygen atoms in total. The summed E-state index contributed by atoms with van der Waals surface area (Å²) in [5, 5.41) is 23.6. The molecular weight excluding hydrogens is 552 g/mol. The second-order valence-corrected chi connectivity index (χ2v) is 11.6. The topological polar surface area (TPSA) is 91.3 Å². The number of benzene rings is 4. The lowest BCUT2D eigenvalue weighted by Gasteiger charge is -2.43. The normalized spacial score (nSPS) is 21.5. The molecule has 44 heavy (non-hydrogen) atoms. The number of aliphatic hydroxyl groups is 2. The SMILES string of the molecule is CC1C(CN(C)C(C)C(O)c2ccccc2)OC(c2ccc(CNC(=O)c3ccccc3)cc2)OC1c1ccc(CO)cc1. The van der Waals surface area contributed by atoms with E-state index >= 15 is 0 Å². The first-order chi connectivity index (χ1) is 21.3. The fourth-order valence-electron chi connectivity index (χ4n) is 5.61. The lowest BCUT2D eigenvalue weighted by molar-refractivity contribution is -0.276. The number of likely N-dealkylation sites (N-methyl/N-ethyl adjacent to an activating group) is 1. The lowest BCUT2D eigenvalue weighted by Crippen LogP contribution is -2.46. The predicted octanol–water partition coefficient (Wildman–Crippen LogP) is 5.95. The van der Waals surface area contributed by atoms with Crippen LogP contribution in [0.3, 0.4) is 0 Å². The van der Waals surface area contributed by atoms with E-state index < -0.39 is 12.4 Å². The number of nitrogens with one attached hydrogen (secondary N) is 1. The molecule has 0 spiro atoms. The fourth-order valence-corrected chi connectivity index (χ4v) is 5.61. The van der Waals surface area contributed by atoms with Crippen LogP contribution in [0.15, 0.2) is 109 Å². The number of carbonyl (C=O) groups is 1. The van der Waals surface area contributed by atoms with Gasteiger partial charge in [-0.15, -0.1) is 0 Å². The molecule has 0 bridgehead atoms. The molecule has 0 saturated carbocycles. The monoisotopic (exact) mass is 594 g/mol. The van der Waals surface area contributed by atoms with Gasteiger partial charge in [0.1, 0.15) is 0 Å². The Balaban J connectivity index is 1.31. The van der Waals surface area contributed by atoms with E-state index in [-0.39, 0.29) is 36.7 Å². The van der Waals surface area contributed by atoms with Crippen LogP contribution in [0.4, 0.5) is 0 Å². The van der Waals surface area contributed by atoms with Gasteiger partial charge < -0.3 is 25.0 Å². The average molecular weight is 595 g/mol. The second kappa shape index (κ2) is 14.8. The van der Waals surface area contributed by atoms with Crippen LogP contribution in [0.5, 0.6) is 0 Å². The van der Waals surface area contributed by atoms with Gasteiger partial charge in [-0.1, -0.05) is 104 Å². The van der Waals surface area contributed by atoms with Gasteiger partial charge in [-0.05, 0) is 48.4 Å². The maximum absolute atomic E-state index is 12.5. The van der Waals surface area contributed by atoms with Crippen molar-refractivity contribution in [3.63, 3.8) is 0 Å². The minimum absolute atomic E-state index is 0.0136. The molecule has 0 radical (unpaired) electrons. The van der Waals surface area contributed by atoms with Gasteiger partial charge in [0.15, 0.2) is 6.29 Å². The van der Waals surface area contributed by atoms with Crippen LogP contribution >= 0.6 is 0 Å². The third-order valence-corrected chi connectivity index (χ3v) is 8.63. The van der Waals surface area contributed by atoms with Crippen molar-refractivity contribution in [3.05, 3.63) is 143 Å². The van der Waals surface area contributed by atoms with Crippen molar-refractivity contribution in [1.29, 1.82) is 0 Å². The van der Waals surface area contributed by atoms with Gasteiger partial charge in [0, 0.05) is 36.2 Å². The zero-order valence-electron chi connectivity index (χ0n) is 25.5. The van der Waals surface area contributed by atoms with Crippen molar-refractivity contribution in [1.82, 2.24) is 10.2 Å². The highest BCUT2D eigenvalue weighted by atomic mass is 16.7. The molecule has 7 heteroatoms. The standard InChI is InChI=1S/C37H42N2O5/c1-25-33(23-39(3)26(2)34(41)29-10-6-4-7-11-29)43-37(44-35(25)30-18-16-28(24-40)17-19-30)32-20-14-27(15-21-32)22-38-36(42)31-12-8-5-9-13-31/h4-21,25-26,33-35,37,40-41H,22-24H2,1-3H3,(H,38,42). The molecule has 230 valence electrons. The molecule has 4 aromatic carbocycles. The summed E-state index contributed by atoms with van der Waals surface area (Å²) in [7, 11) is 2.01. The highest BCUT2D eigenvalue weighted by Crippen LogP contribution is 2.42. The zero-order valence-corrected chi connectivity index (χ0v) is 25.5. The van der Waals surface area contributed by atoms with Crippen LogP contribution in [0, 0.1) is 5.92 Å². The molecule has 0 aromatic heterocycles. The second-order valence-electron chi connectivity index (χ2n) is 11.6. The van der Waals surface area contributed by atoms with E-state index in [1.54, 1.807) is 12.1 Å². The Kier molecular flexibility index (Phi) is 10.6. The molecule has 4 aromatic rings. The summed E-state index contributed by atoms with van der Waals surface area (Å²) in [5.74, 6) is -0.0986. The predicted molar refractivity (Wildman–Crippen MR) is 171 cm³/mol. The van der Waals surface area contributed by atoms with Crippen LogP contribution in [-0.4, -0.2) is 46.8 Å². The maximum atomic E-state index is 12.5. The first kappa shape index (κ1) is 31.6. The van der Waals surface area contributed by atoms with Crippen molar-refractivity contribution in [2.45, 2.75) is 57.6 Å². The van der Waals surface area contributed by atoms with Crippen LogP contribution in [0.1, 0.15) is 70.5 Å². The van der Waals surface area contributed by atoms with Crippen LogP contribution < -0.4 is 5.32 Å². The summed E-state index contributed by atoms with van der Waals surface area (Å²) < 4.78 is 13.2. The molecule has 1 saturated heterocycles. The van der Waals surface area contributed by atoms with Crippen molar-refractivity contribution in [3.8, 4) is 0 Å². The van der Waals surface area contributed by atoms with Crippen LogP contribution in [0.25, 0.3) is 0 Å². The van der Waals surface area contributed by atoms with Crippen LogP contribution in [-0.2, 0) is 22.6 Å². The summed E-state index contributed by atoms with van der Waals surface area (Å²) in [4.78, 5) is 14.6. The van der Waals surface area contributed by atoms with Gasteiger partial charge in [-0.25, -0.2) is 0 Å². The summed E-state index contributed by atoms with van der Waals surface area (Å²) in [6.45, 7) is 5.16. The Hall–Kier alpha value is -3.85. The number of hydrogen-bond donors (Lipinski definition) is 3. The summed E-state index contributed by atoms with van der Waals surface area (Å²) >= 11 is 0. The third-order valence-electron chi connectivity index (χ3n) is 8.63. The van der Waals surface area contributed by atoms with Crippen molar-refractivity contribution >= 4 is 5.91 Å². The minimum Gasteiger partial charge on any atom is -0.392 e. The maximum Gasteiger partial charge on any atom is 0.251 e. The third kappa shape index (κ3) is 7.62. The van der Waals surface area contributed by atoms with E-state index in [4.69, 9.17) is 9.47 Å². The molecule has 1 fully saturated rings. The molecule has 1 aliphatic heterocycles. The Labute approximate surface area is 260 Å². The van der Waals surface area contributed by atoms with Crippen molar-refractivity contribution in [2.24, 2.45) is 5.92 Å².